The fraction of sp³-hybridized carbons (Fsp3) is 0.440. The number of morpholine rings is 1. The van der Waals surface area contributed by atoms with Crippen LogP contribution in [0.15, 0.2) is 48.2 Å². The van der Waals surface area contributed by atoms with E-state index >= 15 is 0 Å². The molecule has 4 rings (SSSR count). The lowest BCUT2D eigenvalue weighted by Gasteiger charge is -2.26. The molecule has 0 saturated carbocycles. The highest BCUT2D eigenvalue weighted by molar-refractivity contribution is 5.79. The van der Waals surface area contributed by atoms with E-state index < -0.39 is 0 Å². The van der Waals surface area contributed by atoms with Crippen molar-refractivity contribution in [1.29, 1.82) is 0 Å². The number of carbonyl (C=O) groups is 1. The molecule has 0 radical (unpaired) electrons. The number of hydrogen-bond acceptors (Lipinski definition) is 6. The molecule has 1 aliphatic heterocycles. The van der Waals surface area contributed by atoms with Crippen molar-refractivity contribution < 1.29 is 19.0 Å². The first-order valence-electron chi connectivity index (χ1n) is 11.1. The van der Waals surface area contributed by atoms with E-state index in [1.54, 1.807) is 12.3 Å². The molecular weight excluding hydrogens is 392 g/mol. The van der Waals surface area contributed by atoms with Gasteiger partial charge in [-0.1, -0.05) is 30.3 Å². The van der Waals surface area contributed by atoms with Crippen LogP contribution in [0, 0.1) is 0 Å². The molecule has 0 atom stereocenters. The standard InChI is InChI=1S/C25H30N2O4/c28-18-22-16-25(30-15-12-27-10-13-29-14-11-27)26-17-24(22)31-19-21-8-4-5-9-23(21)20-6-2-1-3-7-20/h1-3,6-7,16-18H,4-5,8-15,19H2. The number of nitrogens with zero attached hydrogens (tertiary/aromatic N) is 2. The molecule has 6 heteroatoms. The molecule has 0 unspecified atom stereocenters. The van der Waals surface area contributed by atoms with Gasteiger partial charge >= 0.3 is 0 Å². The van der Waals surface area contributed by atoms with Crippen LogP contribution in [0.25, 0.3) is 5.57 Å². The molecule has 2 aliphatic rings. The van der Waals surface area contributed by atoms with Crippen LogP contribution in [0.5, 0.6) is 11.6 Å². The lowest BCUT2D eigenvalue weighted by Crippen LogP contribution is -2.38. The Morgan fingerprint density at radius 3 is 2.68 bits per heavy atom. The highest BCUT2D eigenvalue weighted by atomic mass is 16.5. The fourth-order valence-corrected chi connectivity index (χ4v) is 4.11. The molecule has 1 aromatic carbocycles. The van der Waals surface area contributed by atoms with E-state index in [2.05, 4.69) is 34.1 Å². The molecule has 1 saturated heterocycles. The topological polar surface area (TPSA) is 60.9 Å². The van der Waals surface area contributed by atoms with Gasteiger partial charge in [0.25, 0.3) is 0 Å². The SMILES string of the molecule is O=Cc1cc(OCCN2CCOCC2)ncc1OCC1=C(c2ccccc2)CCCC1. The summed E-state index contributed by atoms with van der Waals surface area (Å²) < 4.78 is 17.2. The van der Waals surface area contributed by atoms with Gasteiger partial charge in [0, 0.05) is 25.7 Å². The van der Waals surface area contributed by atoms with Gasteiger partial charge in [-0.2, -0.15) is 0 Å². The molecule has 6 nitrogen and oxygen atoms in total. The van der Waals surface area contributed by atoms with Gasteiger partial charge in [0.15, 0.2) is 6.29 Å². The zero-order chi connectivity index (χ0) is 21.3. The molecule has 1 aromatic heterocycles. The first kappa shape index (κ1) is 21.5. The summed E-state index contributed by atoms with van der Waals surface area (Å²) in [5, 5.41) is 0. The molecule has 0 amide bonds. The molecule has 2 heterocycles. The van der Waals surface area contributed by atoms with Crippen LogP contribution in [-0.4, -0.2) is 62.2 Å². The molecule has 0 N–H and O–H groups in total. The zero-order valence-corrected chi connectivity index (χ0v) is 17.9. The summed E-state index contributed by atoms with van der Waals surface area (Å²) in [5.74, 6) is 0.950. The van der Waals surface area contributed by atoms with Gasteiger partial charge in [0.05, 0.1) is 25.0 Å². The Balaban J connectivity index is 1.37. The van der Waals surface area contributed by atoms with Crippen molar-refractivity contribution in [3.8, 4) is 11.6 Å². The molecule has 164 valence electrons. The second-order valence-corrected chi connectivity index (χ2v) is 7.92. The predicted octanol–water partition coefficient (Wildman–Crippen LogP) is 4.01. The van der Waals surface area contributed by atoms with E-state index in [1.165, 1.54) is 29.6 Å². The van der Waals surface area contributed by atoms with E-state index in [9.17, 15) is 4.79 Å². The van der Waals surface area contributed by atoms with Crippen LogP contribution >= 0.6 is 0 Å². The lowest BCUT2D eigenvalue weighted by molar-refractivity contribution is 0.0320. The quantitative estimate of drug-likeness (QED) is 0.569. The maximum absolute atomic E-state index is 11.6. The first-order valence-corrected chi connectivity index (χ1v) is 11.1. The number of aldehydes is 1. The van der Waals surface area contributed by atoms with Crippen LogP contribution in [-0.2, 0) is 4.74 Å². The Hall–Kier alpha value is -2.70. The Bertz CT molecular complexity index is 892. The van der Waals surface area contributed by atoms with Crippen LogP contribution in [0.4, 0.5) is 0 Å². The van der Waals surface area contributed by atoms with Gasteiger partial charge in [-0.3, -0.25) is 9.69 Å². The zero-order valence-electron chi connectivity index (χ0n) is 17.9. The number of benzene rings is 1. The Labute approximate surface area is 183 Å². The van der Waals surface area contributed by atoms with Gasteiger partial charge in [-0.05, 0) is 42.4 Å². The number of hydrogen-bond donors (Lipinski definition) is 0. The van der Waals surface area contributed by atoms with E-state index in [0.717, 1.165) is 52.0 Å². The first-order chi connectivity index (χ1) is 15.3. The average Bonchev–Trinajstić information content (AvgIpc) is 2.84. The summed E-state index contributed by atoms with van der Waals surface area (Å²) in [6, 6.07) is 12.2. The van der Waals surface area contributed by atoms with Crippen LogP contribution < -0.4 is 9.47 Å². The van der Waals surface area contributed by atoms with Gasteiger partial charge in [0.1, 0.15) is 19.0 Å². The summed E-state index contributed by atoms with van der Waals surface area (Å²) >= 11 is 0. The van der Waals surface area contributed by atoms with Crippen molar-refractivity contribution in [3.63, 3.8) is 0 Å². The highest BCUT2D eigenvalue weighted by Gasteiger charge is 2.16. The third kappa shape index (κ3) is 5.93. The lowest BCUT2D eigenvalue weighted by atomic mass is 9.88. The summed E-state index contributed by atoms with van der Waals surface area (Å²) in [6.07, 6.45) is 6.86. The van der Waals surface area contributed by atoms with Gasteiger partial charge < -0.3 is 14.2 Å². The number of aromatic nitrogens is 1. The number of pyridine rings is 1. The summed E-state index contributed by atoms with van der Waals surface area (Å²) in [7, 11) is 0. The van der Waals surface area contributed by atoms with Gasteiger partial charge in [-0.15, -0.1) is 0 Å². The van der Waals surface area contributed by atoms with Crippen molar-refractivity contribution in [3.05, 3.63) is 59.3 Å². The van der Waals surface area contributed by atoms with E-state index in [4.69, 9.17) is 14.2 Å². The second-order valence-electron chi connectivity index (χ2n) is 7.92. The van der Waals surface area contributed by atoms with Crippen molar-refractivity contribution in [2.45, 2.75) is 25.7 Å². The molecule has 2 aromatic rings. The molecule has 1 aliphatic carbocycles. The third-order valence-electron chi connectivity index (χ3n) is 5.87. The molecule has 0 spiro atoms. The smallest absolute Gasteiger partial charge is 0.214 e. The minimum Gasteiger partial charge on any atom is -0.487 e. The maximum Gasteiger partial charge on any atom is 0.214 e. The van der Waals surface area contributed by atoms with Gasteiger partial charge in [0.2, 0.25) is 5.88 Å². The molecular formula is C25H30N2O4. The van der Waals surface area contributed by atoms with E-state index in [0.29, 0.717) is 30.4 Å². The minimum absolute atomic E-state index is 0.449. The van der Waals surface area contributed by atoms with Crippen molar-refractivity contribution in [2.75, 3.05) is 46.1 Å². The van der Waals surface area contributed by atoms with Crippen molar-refractivity contribution in [2.24, 2.45) is 0 Å². The normalized spacial score (nSPS) is 17.4. The second kappa shape index (κ2) is 11.1. The molecule has 31 heavy (non-hydrogen) atoms. The largest absolute Gasteiger partial charge is 0.487 e. The number of allylic oxidation sites excluding steroid dienone is 1. The predicted molar refractivity (Wildman–Crippen MR) is 120 cm³/mol. The molecule has 1 fully saturated rings. The number of rotatable bonds is 9. The summed E-state index contributed by atoms with van der Waals surface area (Å²) in [4.78, 5) is 18.3. The monoisotopic (exact) mass is 422 g/mol. The maximum atomic E-state index is 11.6. The average molecular weight is 423 g/mol. The van der Waals surface area contributed by atoms with Crippen molar-refractivity contribution in [1.82, 2.24) is 9.88 Å². The van der Waals surface area contributed by atoms with E-state index in [1.807, 2.05) is 6.07 Å². The summed E-state index contributed by atoms with van der Waals surface area (Å²) in [6.45, 7) is 5.19. The Kier molecular flexibility index (Phi) is 7.69. The van der Waals surface area contributed by atoms with Crippen LogP contribution in [0.1, 0.15) is 41.6 Å². The van der Waals surface area contributed by atoms with Crippen molar-refractivity contribution >= 4 is 11.9 Å². The Morgan fingerprint density at radius 1 is 1.06 bits per heavy atom. The Morgan fingerprint density at radius 2 is 1.87 bits per heavy atom. The summed E-state index contributed by atoms with van der Waals surface area (Å²) in [5.41, 5.74) is 4.41. The number of ether oxygens (including phenoxy) is 3. The number of carbonyl (C=O) groups excluding carboxylic acids is 1. The van der Waals surface area contributed by atoms with E-state index in [-0.39, 0.29) is 0 Å². The fourth-order valence-electron chi connectivity index (χ4n) is 4.11. The highest BCUT2D eigenvalue weighted by Crippen LogP contribution is 2.33. The molecule has 0 bridgehead atoms. The third-order valence-corrected chi connectivity index (χ3v) is 5.87. The van der Waals surface area contributed by atoms with Crippen LogP contribution in [0.2, 0.25) is 0 Å². The minimum atomic E-state index is 0.449. The van der Waals surface area contributed by atoms with Gasteiger partial charge in [-0.25, -0.2) is 4.98 Å². The van der Waals surface area contributed by atoms with Crippen LogP contribution in [0.3, 0.4) is 0 Å².